The smallest absolute Gasteiger partial charge is 0.249 e. The molecule has 5 nitrogen and oxygen atoms in total. The second kappa shape index (κ2) is 7.25. The van der Waals surface area contributed by atoms with Crippen molar-refractivity contribution in [3.8, 4) is 0 Å². The Kier molecular flexibility index (Phi) is 5.08. The Balaban J connectivity index is 1.57. The average Bonchev–Trinajstić information content (AvgIpc) is 3.18. The maximum atomic E-state index is 13.8. The Morgan fingerprint density at radius 3 is 2.71 bits per heavy atom. The summed E-state index contributed by atoms with van der Waals surface area (Å²) in [6.07, 6.45) is 3.31. The van der Waals surface area contributed by atoms with Gasteiger partial charge in [-0.1, -0.05) is 6.07 Å². The number of halogens is 2. The third-order valence-corrected chi connectivity index (χ3v) is 4.47. The highest BCUT2D eigenvalue weighted by Crippen LogP contribution is 2.27. The van der Waals surface area contributed by atoms with Crippen molar-refractivity contribution in [2.24, 2.45) is 0 Å². The lowest BCUT2D eigenvalue weighted by Gasteiger charge is -2.18. The fraction of sp³-hybridized carbons (Fsp3) is 0.529. The number of nitrogens with one attached hydrogen (secondary N) is 1. The number of carbonyl (C=O) groups is 2. The molecule has 2 saturated heterocycles. The van der Waals surface area contributed by atoms with Gasteiger partial charge in [0.2, 0.25) is 11.8 Å². The first-order valence-corrected chi connectivity index (χ1v) is 8.22. The second-order valence-electron chi connectivity index (χ2n) is 6.14. The predicted octanol–water partition coefficient (Wildman–Crippen LogP) is 2.15. The number of hydrogen-bond acceptors (Lipinski definition) is 3. The molecule has 7 heteroatoms. The normalized spacial score (nSPS) is 23.8. The molecule has 3 rings (SSSR count). The number of amides is 2. The molecule has 2 amide bonds. The van der Waals surface area contributed by atoms with E-state index in [4.69, 9.17) is 4.74 Å². The van der Waals surface area contributed by atoms with Crippen molar-refractivity contribution in [1.29, 1.82) is 0 Å². The maximum absolute atomic E-state index is 13.8. The van der Waals surface area contributed by atoms with Crippen molar-refractivity contribution in [3.63, 3.8) is 0 Å². The van der Waals surface area contributed by atoms with E-state index in [0.29, 0.717) is 12.8 Å². The number of nitrogens with zero attached hydrogens (tertiary/aromatic N) is 1. The van der Waals surface area contributed by atoms with Gasteiger partial charge in [0.15, 0.2) is 0 Å². The molecule has 2 atom stereocenters. The molecule has 2 aliphatic rings. The molecule has 1 N–H and O–H groups in total. The first-order chi connectivity index (χ1) is 11.6. The molecule has 0 aliphatic carbocycles. The number of ether oxygens (including phenoxy) is 1. The number of rotatable bonds is 5. The zero-order valence-corrected chi connectivity index (χ0v) is 13.3. The van der Waals surface area contributed by atoms with Gasteiger partial charge in [-0.25, -0.2) is 8.78 Å². The molecule has 0 saturated carbocycles. The number of benzene rings is 1. The van der Waals surface area contributed by atoms with Crippen LogP contribution >= 0.6 is 0 Å². The third-order valence-electron chi connectivity index (χ3n) is 4.47. The molecule has 2 heterocycles. The van der Waals surface area contributed by atoms with Crippen LogP contribution in [-0.2, 0) is 14.3 Å². The van der Waals surface area contributed by atoms with Crippen LogP contribution in [-0.4, -0.2) is 37.1 Å². The van der Waals surface area contributed by atoms with Crippen molar-refractivity contribution in [1.82, 2.24) is 5.32 Å². The fourth-order valence-corrected chi connectivity index (χ4v) is 3.21. The van der Waals surface area contributed by atoms with Crippen molar-refractivity contribution >= 4 is 17.5 Å². The number of para-hydroxylation sites is 1. The number of anilines is 1. The summed E-state index contributed by atoms with van der Waals surface area (Å²) >= 11 is 0. The summed E-state index contributed by atoms with van der Waals surface area (Å²) in [7, 11) is 0. The van der Waals surface area contributed by atoms with Crippen molar-refractivity contribution in [2.75, 3.05) is 18.1 Å². The summed E-state index contributed by atoms with van der Waals surface area (Å²) in [5, 5.41) is 2.66. The molecule has 0 unspecified atom stereocenters. The van der Waals surface area contributed by atoms with E-state index in [1.807, 2.05) is 0 Å². The third kappa shape index (κ3) is 3.56. The molecule has 130 valence electrons. The first kappa shape index (κ1) is 16.8. The van der Waals surface area contributed by atoms with Crippen LogP contribution in [0, 0.1) is 11.6 Å². The summed E-state index contributed by atoms with van der Waals surface area (Å²) in [6.45, 7) is 0.907. The minimum absolute atomic E-state index is 0.110. The standard InChI is InChI=1S/C17H20F2N2O3/c18-12-4-1-5-13(19)16(12)21-9-8-14(17(21)23)20-15(22)7-6-11-3-2-10-24-11/h1,4-5,11,14H,2-3,6-10H2,(H,20,22)/t11-,14+/m1/s1. The van der Waals surface area contributed by atoms with Gasteiger partial charge in [0.25, 0.3) is 0 Å². The SMILES string of the molecule is O=C(CC[C@H]1CCCO1)N[C@H]1CCN(c2c(F)cccc2F)C1=O. The number of carbonyl (C=O) groups excluding carboxylic acids is 2. The van der Waals surface area contributed by atoms with Gasteiger partial charge in [-0.05, 0) is 37.8 Å². The first-order valence-electron chi connectivity index (χ1n) is 8.22. The van der Waals surface area contributed by atoms with Gasteiger partial charge in [0, 0.05) is 19.6 Å². The summed E-state index contributed by atoms with van der Waals surface area (Å²) < 4.78 is 33.1. The van der Waals surface area contributed by atoms with E-state index in [-0.39, 0.29) is 30.7 Å². The summed E-state index contributed by atoms with van der Waals surface area (Å²) in [4.78, 5) is 25.4. The van der Waals surface area contributed by atoms with E-state index in [1.165, 1.54) is 6.07 Å². The molecule has 0 aromatic heterocycles. The Hall–Kier alpha value is -2.02. The molecule has 24 heavy (non-hydrogen) atoms. The zero-order valence-electron chi connectivity index (χ0n) is 13.3. The summed E-state index contributed by atoms with van der Waals surface area (Å²) in [5.74, 6) is -2.29. The molecule has 1 aromatic carbocycles. The van der Waals surface area contributed by atoms with E-state index in [1.54, 1.807) is 0 Å². The van der Waals surface area contributed by atoms with Crippen molar-refractivity contribution < 1.29 is 23.1 Å². The molecule has 0 bridgehead atoms. The van der Waals surface area contributed by atoms with Gasteiger partial charge in [0.1, 0.15) is 23.4 Å². The van der Waals surface area contributed by atoms with E-state index in [0.717, 1.165) is 36.5 Å². The highest BCUT2D eigenvalue weighted by atomic mass is 19.1. The molecule has 0 radical (unpaired) electrons. The van der Waals surface area contributed by atoms with Crippen LogP contribution in [0.1, 0.15) is 32.1 Å². The van der Waals surface area contributed by atoms with Crippen LogP contribution in [0.3, 0.4) is 0 Å². The molecule has 2 aliphatic heterocycles. The van der Waals surface area contributed by atoms with E-state index >= 15 is 0 Å². The average molecular weight is 338 g/mol. The monoisotopic (exact) mass is 338 g/mol. The minimum Gasteiger partial charge on any atom is -0.378 e. The van der Waals surface area contributed by atoms with Crippen LogP contribution in [0.5, 0.6) is 0 Å². The van der Waals surface area contributed by atoms with Crippen LogP contribution in [0.25, 0.3) is 0 Å². The van der Waals surface area contributed by atoms with Gasteiger partial charge >= 0.3 is 0 Å². The second-order valence-corrected chi connectivity index (χ2v) is 6.14. The molecular formula is C17H20F2N2O3. The van der Waals surface area contributed by atoms with E-state index in [2.05, 4.69) is 5.32 Å². The van der Waals surface area contributed by atoms with E-state index < -0.39 is 23.6 Å². The van der Waals surface area contributed by atoms with Gasteiger partial charge < -0.3 is 15.0 Å². The lowest BCUT2D eigenvalue weighted by atomic mass is 10.1. The Bertz CT molecular complexity index is 612. The van der Waals surface area contributed by atoms with Crippen LogP contribution in [0.4, 0.5) is 14.5 Å². The van der Waals surface area contributed by atoms with Gasteiger partial charge in [0.05, 0.1) is 6.10 Å². The quantitative estimate of drug-likeness (QED) is 0.895. The van der Waals surface area contributed by atoms with Crippen LogP contribution < -0.4 is 10.2 Å². The number of hydrogen-bond donors (Lipinski definition) is 1. The zero-order chi connectivity index (χ0) is 17.1. The highest BCUT2D eigenvalue weighted by Gasteiger charge is 2.36. The Labute approximate surface area is 139 Å². The summed E-state index contributed by atoms with van der Waals surface area (Å²) in [5.41, 5.74) is -0.349. The molecular weight excluding hydrogens is 318 g/mol. The van der Waals surface area contributed by atoms with Gasteiger partial charge in [-0.15, -0.1) is 0 Å². The fourth-order valence-electron chi connectivity index (χ4n) is 3.21. The Morgan fingerprint density at radius 1 is 1.29 bits per heavy atom. The van der Waals surface area contributed by atoms with E-state index in [9.17, 15) is 18.4 Å². The highest BCUT2D eigenvalue weighted by molar-refractivity contribution is 6.01. The minimum atomic E-state index is -0.784. The Morgan fingerprint density at radius 2 is 2.04 bits per heavy atom. The molecule has 0 spiro atoms. The summed E-state index contributed by atoms with van der Waals surface area (Å²) in [6, 6.07) is 2.73. The van der Waals surface area contributed by atoms with Gasteiger partial charge in [-0.2, -0.15) is 0 Å². The maximum Gasteiger partial charge on any atom is 0.249 e. The predicted molar refractivity (Wildman–Crippen MR) is 83.5 cm³/mol. The lowest BCUT2D eigenvalue weighted by molar-refractivity contribution is -0.126. The largest absolute Gasteiger partial charge is 0.378 e. The van der Waals surface area contributed by atoms with Crippen LogP contribution in [0.2, 0.25) is 0 Å². The van der Waals surface area contributed by atoms with Crippen molar-refractivity contribution in [3.05, 3.63) is 29.8 Å². The molecule has 1 aromatic rings. The van der Waals surface area contributed by atoms with Gasteiger partial charge in [-0.3, -0.25) is 9.59 Å². The van der Waals surface area contributed by atoms with Crippen LogP contribution in [0.15, 0.2) is 18.2 Å². The molecule has 2 fully saturated rings. The van der Waals surface area contributed by atoms with Crippen molar-refractivity contribution in [2.45, 2.75) is 44.2 Å². The topological polar surface area (TPSA) is 58.6 Å². The lowest BCUT2D eigenvalue weighted by Crippen LogP contribution is -2.42.